The van der Waals surface area contributed by atoms with Crippen LogP contribution in [0.1, 0.15) is 51.7 Å². The lowest BCUT2D eigenvalue weighted by Crippen LogP contribution is -2.27. The van der Waals surface area contributed by atoms with Gasteiger partial charge in [0.2, 0.25) is 5.56 Å². The number of pyridine rings is 1. The lowest BCUT2D eigenvalue weighted by molar-refractivity contribution is 0.0939. The molecule has 21 heavy (non-hydrogen) atoms. The maximum atomic E-state index is 12.1. The molecule has 1 aliphatic rings. The average Bonchev–Trinajstić information content (AvgIpc) is 2.92. The molecule has 0 saturated carbocycles. The number of carbonyl (C=O) groups excluding carboxylic acids is 1. The van der Waals surface area contributed by atoms with E-state index in [1.54, 1.807) is 11.3 Å². The highest BCUT2D eigenvalue weighted by molar-refractivity contribution is 7.11. The number of amides is 1. The molecule has 0 fully saturated rings. The predicted molar refractivity (Wildman–Crippen MR) is 81.7 cm³/mol. The quantitative estimate of drug-likeness (QED) is 0.913. The Morgan fingerprint density at radius 2 is 2.19 bits per heavy atom. The van der Waals surface area contributed by atoms with Crippen molar-refractivity contribution >= 4 is 17.2 Å². The Labute approximate surface area is 126 Å². The van der Waals surface area contributed by atoms with Gasteiger partial charge in [0.1, 0.15) is 5.01 Å². The monoisotopic (exact) mass is 303 g/mol. The van der Waals surface area contributed by atoms with Crippen LogP contribution in [0.25, 0.3) is 0 Å². The molecule has 110 valence electrons. The molecule has 3 rings (SSSR count). The van der Waals surface area contributed by atoms with Gasteiger partial charge in [-0.25, -0.2) is 4.98 Å². The number of nitrogens with one attached hydrogen (secondary N) is 2. The standard InChI is InChI=1S/C15H17N3O2S/c1-9(15-18-11-4-2-3-5-12(11)21-15)17-14(20)10-6-7-13(19)16-8-10/h6-9H,2-5H2,1H3,(H,16,19)(H,17,20). The van der Waals surface area contributed by atoms with Gasteiger partial charge in [-0.3, -0.25) is 9.59 Å². The van der Waals surface area contributed by atoms with Crippen LogP contribution in [0.15, 0.2) is 23.1 Å². The van der Waals surface area contributed by atoms with Crippen molar-refractivity contribution in [1.82, 2.24) is 15.3 Å². The molecule has 0 spiro atoms. The van der Waals surface area contributed by atoms with Crippen molar-refractivity contribution in [1.29, 1.82) is 0 Å². The zero-order chi connectivity index (χ0) is 14.8. The van der Waals surface area contributed by atoms with Gasteiger partial charge in [0, 0.05) is 17.1 Å². The van der Waals surface area contributed by atoms with Crippen molar-refractivity contribution in [3.63, 3.8) is 0 Å². The van der Waals surface area contributed by atoms with E-state index in [1.807, 2.05) is 6.92 Å². The van der Waals surface area contributed by atoms with Gasteiger partial charge in [0.25, 0.3) is 5.91 Å². The van der Waals surface area contributed by atoms with E-state index in [9.17, 15) is 9.59 Å². The third kappa shape index (κ3) is 3.05. The topological polar surface area (TPSA) is 74.8 Å². The van der Waals surface area contributed by atoms with Crippen LogP contribution in [0.5, 0.6) is 0 Å². The third-order valence-electron chi connectivity index (χ3n) is 3.63. The van der Waals surface area contributed by atoms with E-state index in [1.165, 1.54) is 41.7 Å². The summed E-state index contributed by atoms with van der Waals surface area (Å²) < 4.78 is 0. The molecule has 1 aliphatic carbocycles. The highest BCUT2D eigenvalue weighted by Gasteiger charge is 2.19. The number of hydrogen-bond acceptors (Lipinski definition) is 4. The Bertz CT molecular complexity index is 676. The number of rotatable bonds is 3. The largest absolute Gasteiger partial charge is 0.343 e. The second-order valence-electron chi connectivity index (χ2n) is 5.27. The average molecular weight is 303 g/mol. The van der Waals surface area contributed by atoms with Crippen LogP contribution in [-0.2, 0) is 12.8 Å². The van der Waals surface area contributed by atoms with E-state index in [0.717, 1.165) is 17.8 Å². The van der Waals surface area contributed by atoms with Gasteiger partial charge in [-0.1, -0.05) is 0 Å². The summed E-state index contributed by atoms with van der Waals surface area (Å²) in [6.45, 7) is 1.94. The summed E-state index contributed by atoms with van der Waals surface area (Å²) in [5, 5.41) is 3.89. The first-order chi connectivity index (χ1) is 10.1. The molecule has 6 heteroatoms. The maximum Gasteiger partial charge on any atom is 0.253 e. The fourth-order valence-electron chi connectivity index (χ4n) is 2.45. The number of thiazole rings is 1. The summed E-state index contributed by atoms with van der Waals surface area (Å²) >= 11 is 1.70. The molecule has 2 aromatic rings. The second kappa shape index (κ2) is 5.81. The first-order valence-corrected chi connectivity index (χ1v) is 7.93. The molecular weight excluding hydrogens is 286 g/mol. The third-order valence-corrected chi connectivity index (χ3v) is 4.97. The van der Waals surface area contributed by atoms with Crippen LogP contribution in [0.2, 0.25) is 0 Å². The summed E-state index contributed by atoms with van der Waals surface area (Å²) in [4.78, 5) is 31.7. The van der Waals surface area contributed by atoms with E-state index in [4.69, 9.17) is 0 Å². The Morgan fingerprint density at radius 3 is 2.90 bits per heavy atom. The first kappa shape index (κ1) is 14.0. The fraction of sp³-hybridized carbons (Fsp3) is 0.400. The van der Waals surface area contributed by atoms with Gasteiger partial charge < -0.3 is 10.3 Å². The summed E-state index contributed by atoms with van der Waals surface area (Å²) in [6.07, 6.45) is 6.01. The molecule has 0 saturated heterocycles. The minimum absolute atomic E-state index is 0.125. The lowest BCUT2D eigenvalue weighted by Gasteiger charge is -2.10. The van der Waals surface area contributed by atoms with E-state index in [-0.39, 0.29) is 17.5 Å². The molecule has 5 nitrogen and oxygen atoms in total. The van der Waals surface area contributed by atoms with Crippen LogP contribution >= 0.6 is 11.3 Å². The zero-order valence-electron chi connectivity index (χ0n) is 11.8. The van der Waals surface area contributed by atoms with Gasteiger partial charge in [-0.05, 0) is 38.7 Å². The summed E-state index contributed by atoms with van der Waals surface area (Å²) in [5.41, 5.74) is 1.43. The Morgan fingerprint density at radius 1 is 1.38 bits per heavy atom. The number of aromatic nitrogens is 2. The van der Waals surface area contributed by atoms with Gasteiger partial charge in [-0.15, -0.1) is 11.3 Å². The molecule has 0 radical (unpaired) electrons. The zero-order valence-corrected chi connectivity index (χ0v) is 12.6. The first-order valence-electron chi connectivity index (χ1n) is 7.11. The molecule has 2 aromatic heterocycles. The highest BCUT2D eigenvalue weighted by Crippen LogP contribution is 2.29. The molecule has 1 amide bonds. The van der Waals surface area contributed by atoms with E-state index >= 15 is 0 Å². The van der Waals surface area contributed by atoms with Crippen molar-refractivity contribution in [2.24, 2.45) is 0 Å². The van der Waals surface area contributed by atoms with Crippen molar-refractivity contribution in [2.75, 3.05) is 0 Å². The Balaban J connectivity index is 1.72. The van der Waals surface area contributed by atoms with Crippen LogP contribution in [0, 0.1) is 0 Å². The number of aryl methyl sites for hydroxylation is 2. The number of H-pyrrole nitrogens is 1. The van der Waals surface area contributed by atoms with Crippen molar-refractivity contribution in [3.05, 3.63) is 49.8 Å². The van der Waals surface area contributed by atoms with Gasteiger partial charge in [0.15, 0.2) is 0 Å². The fourth-order valence-corrected chi connectivity index (χ4v) is 3.61. The van der Waals surface area contributed by atoms with Crippen LogP contribution in [0.3, 0.4) is 0 Å². The Hall–Kier alpha value is -1.95. The highest BCUT2D eigenvalue weighted by atomic mass is 32.1. The predicted octanol–water partition coefficient (Wildman–Crippen LogP) is 2.20. The van der Waals surface area contributed by atoms with Crippen LogP contribution in [0.4, 0.5) is 0 Å². The second-order valence-corrected chi connectivity index (χ2v) is 6.38. The minimum Gasteiger partial charge on any atom is -0.343 e. The maximum absolute atomic E-state index is 12.1. The molecule has 2 N–H and O–H groups in total. The van der Waals surface area contributed by atoms with E-state index in [0.29, 0.717) is 5.56 Å². The Kier molecular flexibility index (Phi) is 3.88. The summed E-state index contributed by atoms with van der Waals surface area (Å²) in [7, 11) is 0. The van der Waals surface area contributed by atoms with Crippen molar-refractivity contribution < 1.29 is 4.79 Å². The molecule has 0 bridgehead atoms. The van der Waals surface area contributed by atoms with Gasteiger partial charge in [-0.2, -0.15) is 0 Å². The lowest BCUT2D eigenvalue weighted by atomic mass is 10.0. The molecule has 1 atom stereocenters. The normalized spacial score (nSPS) is 15.3. The minimum atomic E-state index is -0.216. The number of nitrogens with zero attached hydrogens (tertiary/aromatic N) is 1. The SMILES string of the molecule is CC(NC(=O)c1ccc(=O)[nH]c1)c1nc2c(s1)CCCC2. The number of hydrogen-bond donors (Lipinski definition) is 2. The van der Waals surface area contributed by atoms with Gasteiger partial charge in [0.05, 0.1) is 17.3 Å². The van der Waals surface area contributed by atoms with Crippen LogP contribution in [-0.4, -0.2) is 15.9 Å². The summed E-state index contributed by atoms with van der Waals surface area (Å²) in [6, 6.07) is 2.75. The number of carbonyl (C=O) groups is 1. The van der Waals surface area contributed by atoms with Gasteiger partial charge >= 0.3 is 0 Å². The van der Waals surface area contributed by atoms with E-state index < -0.39 is 0 Å². The summed E-state index contributed by atoms with van der Waals surface area (Å²) in [5.74, 6) is -0.202. The van der Waals surface area contributed by atoms with Crippen LogP contribution < -0.4 is 10.9 Å². The van der Waals surface area contributed by atoms with E-state index in [2.05, 4.69) is 15.3 Å². The smallest absolute Gasteiger partial charge is 0.253 e. The number of aromatic amines is 1. The van der Waals surface area contributed by atoms with Crippen molar-refractivity contribution in [2.45, 2.75) is 38.6 Å². The molecule has 2 heterocycles. The molecular formula is C15H17N3O2S. The molecule has 0 aromatic carbocycles. The molecule has 1 unspecified atom stereocenters. The molecule has 0 aliphatic heterocycles. The number of fused-ring (bicyclic) bond motifs is 1. The van der Waals surface area contributed by atoms with Crippen molar-refractivity contribution in [3.8, 4) is 0 Å².